The maximum atomic E-state index is 13.7. The highest BCUT2D eigenvalue weighted by Crippen LogP contribution is 2.75. The fourth-order valence-corrected chi connectivity index (χ4v) is 10.4. The van der Waals surface area contributed by atoms with Crippen molar-refractivity contribution < 1.29 is 9.59 Å². The van der Waals surface area contributed by atoms with Crippen molar-refractivity contribution in [1.29, 1.82) is 0 Å². The molecule has 33 heavy (non-hydrogen) atoms. The topological polar surface area (TPSA) is 34.1 Å². The average molecular weight is 473 g/mol. The quantitative estimate of drug-likeness (QED) is 0.285. The van der Waals surface area contributed by atoms with Gasteiger partial charge in [-0.15, -0.1) is 0 Å². The van der Waals surface area contributed by atoms with Crippen LogP contribution in [0.1, 0.15) is 113 Å². The van der Waals surface area contributed by atoms with Crippen LogP contribution in [0.2, 0.25) is 0 Å². The second kappa shape index (κ2) is 6.98. The van der Waals surface area contributed by atoms with Gasteiger partial charge in [-0.2, -0.15) is 0 Å². The Balaban J connectivity index is 1.60. The van der Waals surface area contributed by atoms with Crippen LogP contribution >= 0.6 is 11.6 Å². The number of hydrogen-bond acceptors (Lipinski definition) is 2. The van der Waals surface area contributed by atoms with Crippen LogP contribution in [-0.2, 0) is 9.59 Å². The minimum absolute atomic E-state index is 0.101. The van der Waals surface area contributed by atoms with Gasteiger partial charge in [0.25, 0.3) is 0 Å². The van der Waals surface area contributed by atoms with Crippen molar-refractivity contribution >= 4 is 22.6 Å². The van der Waals surface area contributed by atoms with Crippen molar-refractivity contribution in [3.05, 3.63) is 11.6 Å². The molecule has 5 rings (SSSR count). The van der Waals surface area contributed by atoms with E-state index in [9.17, 15) is 9.59 Å². The van der Waals surface area contributed by atoms with Crippen LogP contribution in [0.3, 0.4) is 0 Å². The minimum Gasteiger partial charge on any atom is -0.299 e. The predicted molar refractivity (Wildman–Crippen MR) is 135 cm³/mol. The summed E-state index contributed by atoms with van der Waals surface area (Å²) >= 11 is 6.16. The molecule has 3 heteroatoms. The van der Waals surface area contributed by atoms with Gasteiger partial charge in [0.15, 0.2) is 0 Å². The van der Waals surface area contributed by atoms with E-state index in [2.05, 4.69) is 54.5 Å². The molecule has 0 aromatic heterocycles. The summed E-state index contributed by atoms with van der Waals surface area (Å²) in [5.41, 5.74) is 1.73. The van der Waals surface area contributed by atoms with Gasteiger partial charge in [0.05, 0.1) is 0 Å². The maximum Gasteiger partial charge on any atom is 0.227 e. The summed E-state index contributed by atoms with van der Waals surface area (Å²) in [4.78, 5) is 26.1. The number of ketones is 1. The molecule has 0 aliphatic heterocycles. The first-order chi connectivity index (χ1) is 15.1. The van der Waals surface area contributed by atoms with Crippen molar-refractivity contribution in [2.24, 2.45) is 50.2 Å². The molecule has 0 radical (unpaired) electrons. The Morgan fingerprint density at radius 2 is 1.58 bits per heavy atom. The third-order valence-corrected chi connectivity index (χ3v) is 13.4. The fraction of sp³-hybridized carbons (Fsp3) is 0.867. The lowest BCUT2D eigenvalue weighted by molar-refractivity contribution is -0.186. The molecule has 5 aliphatic rings. The molecule has 0 spiro atoms. The van der Waals surface area contributed by atoms with Gasteiger partial charge in [-0.3, -0.25) is 9.59 Å². The Morgan fingerprint density at radius 1 is 0.909 bits per heavy atom. The Hall–Kier alpha value is -0.630. The molecule has 0 N–H and O–H groups in total. The van der Waals surface area contributed by atoms with Gasteiger partial charge in [-0.05, 0) is 109 Å². The highest BCUT2D eigenvalue weighted by molar-refractivity contribution is 6.64. The molecule has 0 bridgehead atoms. The second-order valence-corrected chi connectivity index (χ2v) is 15.1. The SMILES string of the molecule is CC1(C(=O)Cl)CC[C@]2(C)CC[C@]3(C)C(=CC[C@@H]4[C@@]5(C)C(=O)CCC(C)(C)C5CC[C@]43C)[C@H]2C1. The number of halogens is 1. The van der Waals surface area contributed by atoms with E-state index in [0.29, 0.717) is 23.5 Å². The molecule has 2 nitrogen and oxygen atoms in total. The van der Waals surface area contributed by atoms with E-state index < -0.39 is 5.41 Å². The standard InChI is InChI=1S/C30H45ClO2/c1-25(2)12-11-23(32)30(7)21(25)10-13-29(6)22(30)9-8-19-20-18-27(4,24(31)33)15-14-26(20,3)16-17-28(19,29)5/h8,20-22H,9-18H2,1-7H3/t20-,21?,22+,26-,27?,28-,29-,30+/m1/s1. The van der Waals surface area contributed by atoms with E-state index in [0.717, 1.165) is 38.5 Å². The molecule has 4 fully saturated rings. The van der Waals surface area contributed by atoms with E-state index in [1.165, 1.54) is 25.7 Å². The van der Waals surface area contributed by atoms with Crippen molar-refractivity contribution in [3.8, 4) is 0 Å². The molecule has 184 valence electrons. The zero-order valence-electron chi connectivity index (χ0n) is 22.1. The highest BCUT2D eigenvalue weighted by atomic mass is 35.5. The Labute approximate surface area is 206 Å². The van der Waals surface area contributed by atoms with Crippen LogP contribution in [0, 0.1) is 50.2 Å². The second-order valence-electron chi connectivity index (χ2n) is 14.7. The monoisotopic (exact) mass is 472 g/mol. The number of carbonyl (C=O) groups excluding carboxylic acids is 2. The number of fused-ring (bicyclic) bond motifs is 7. The number of rotatable bonds is 1. The Kier molecular flexibility index (Phi) is 5.10. The van der Waals surface area contributed by atoms with Crippen LogP contribution in [0.15, 0.2) is 11.6 Å². The van der Waals surface area contributed by atoms with Gasteiger partial charge >= 0.3 is 0 Å². The molecule has 5 aliphatic carbocycles. The van der Waals surface area contributed by atoms with Gasteiger partial charge in [0.2, 0.25) is 5.24 Å². The fourth-order valence-electron chi connectivity index (χ4n) is 10.2. The van der Waals surface area contributed by atoms with Gasteiger partial charge in [-0.25, -0.2) is 0 Å². The Morgan fingerprint density at radius 3 is 2.24 bits per heavy atom. The first-order valence-electron chi connectivity index (χ1n) is 13.6. The van der Waals surface area contributed by atoms with E-state index in [4.69, 9.17) is 11.6 Å². The van der Waals surface area contributed by atoms with Crippen LogP contribution in [0.4, 0.5) is 0 Å². The lowest BCUT2D eigenvalue weighted by Gasteiger charge is -2.70. The summed E-state index contributed by atoms with van der Waals surface area (Å²) < 4.78 is 0. The third-order valence-electron chi connectivity index (χ3n) is 13.0. The molecular formula is C30H45ClO2. The highest BCUT2D eigenvalue weighted by Gasteiger charge is 2.69. The largest absolute Gasteiger partial charge is 0.299 e. The minimum atomic E-state index is -0.407. The maximum absolute atomic E-state index is 13.7. The predicted octanol–water partition coefficient (Wildman–Crippen LogP) is 8.12. The van der Waals surface area contributed by atoms with Gasteiger partial charge in [0, 0.05) is 17.3 Å². The van der Waals surface area contributed by atoms with Crippen molar-refractivity contribution in [3.63, 3.8) is 0 Å². The van der Waals surface area contributed by atoms with Gasteiger partial charge < -0.3 is 0 Å². The first-order valence-corrected chi connectivity index (χ1v) is 14.0. The van der Waals surface area contributed by atoms with Gasteiger partial charge in [-0.1, -0.05) is 60.1 Å². The zero-order chi connectivity index (χ0) is 24.2. The summed E-state index contributed by atoms with van der Waals surface area (Å²) in [6.07, 6.45) is 13.1. The molecule has 0 aromatic carbocycles. The third kappa shape index (κ3) is 2.91. The first kappa shape index (κ1) is 24.1. The van der Waals surface area contributed by atoms with Crippen molar-refractivity contribution in [2.45, 2.75) is 113 Å². The molecule has 0 saturated heterocycles. The lowest BCUT2D eigenvalue weighted by Crippen LogP contribution is -2.65. The summed E-state index contributed by atoms with van der Waals surface area (Å²) in [6.45, 7) is 16.8. The molecular weight excluding hydrogens is 428 g/mol. The Bertz CT molecular complexity index is 934. The van der Waals surface area contributed by atoms with Crippen LogP contribution in [0.25, 0.3) is 0 Å². The summed E-state index contributed by atoms with van der Waals surface area (Å²) in [6, 6.07) is 0. The number of carbonyl (C=O) groups is 2. The normalized spacial score (nSPS) is 53.2. The van der Waals surface area contributed by atoms with E-state index >= 15 is 0 Å². The summed E-state index contributed by atoms with van der Waals surface area (Å²) in [7, 11) is 0. The molecule has 2 unspecified atom stereocenters. The summed E-state index contributed by atoms with van der Waals surface area (Å²) in [5.74, 6) is 1.86. The smallest absolute Gasteiger partial charge is 0.227 e. The number of allylic oxidation sites excluding steroid dienone is 2. The number of hydrogen-bond donors (Lipinski definition) is 0. The van der Waals surface area contributed by atoms with Crippen molar-refractivity contribution in [2.75, 3.05) is 0 Å². The number of Topliss-reactive ketones (excluding diaryl/α,β-unsaturated/α-hetero) is 1. The van der Waals surface area contributed by atoms with Crippen LogP contribution in [0.5, 0.6) is 0 Å². The molecule has 0 aromatic rings. The van der Waals surface area contributed by atoms with Crippen LogP contribution in [-0.4, -0.2) is 11.0 Å². The lowest BCUT2D eigenvalue weighted by atomic mass is 9.33. The van der Waals surface area contributed by atoms with Crippen molar-refractivity contribution in [1.82, 2.24) is 0 Å². The molecule has 0 amide bonds. The summed E-state index contributed by atoms with van der Waals surface area (Å²) in [5, 5.41) is -0.152. The zero-order valence-corrected chi connectivity index (χ0v) is 22.8. The average Bonchev–Trinajstić information content (AvgIpc) is 2.73. The van der Waals surface area contributed by atoms with E-state index in [-0.39, 0.29) is 32.3 Å². The van der Waals surface area contributed by atoms with E-state index in [1.807, 2.05) is 0 Å². The van der Waals surface area contributed by atoms with Gasteiger partial charge in [0.1, 0.15) is 5.78 Å². The van der Waals surface area contributed by atoms with E-state index in [1.54, 1.807) is 5.57 Å². The molecule has 0 heterocycles. The van der Waals surface area contributed by atoms with Crippen LogP contribution < -0.4 is 0 Å². The molecule has 4 saturated carbocycles. The molecule has 8 atom stereocenters.